The maximum Gasteiger partial charge on any atom is 0.268 e. The third kappa shape index (κ3) is 2.97. The summed E-state index contributed by atoms with van der Waals surface area (Å²) >= 11 is 1.32. The third-order valence-electron chi connectivity index (χ3n) is 5.03. The van der Waals surface area contributed by atoms with Crippen LogP contribution in [0.4, 0.5) is 5.69 Å². The van der Waals surface area contributed by atoms with E-state index in [9.17, 15) is 14.7 Å². The number of ether oxygens (including phenoxy) is 1. The van der Waals surface area contributed by atoms with Gasteiger partial charge in [-0.1, -0.05) is 24.3 Å². The fourth-order valence-corrected chi connectivity index (χ4v) is 4.30. The molecule has 0 saturated carbocycles. The summed E-state index contributed by atoms with van der Waals surface area (Å²) in [5, 5.41) is 13.1. The molecule has 136 valence electrons. The Morgan fingerprint density at radius 2 is 2.00 bits per heavy atom. The van der Waals surface area contributed by atoms with Crippen molar-refractivity contribution in [3.63, 3.8) is 0 Å². The van der Waals surface area contributed by atoms with Gasteiger partial charge in [0.05, 0.1) is 30.2 Å². The molecule has 26 heavy (non-hydrogen) atoms. The van der Waals surface area contributed by atoms with Crippen LogP contribution < -0.4 is 9.80 Å². The summed E-state index contributed by atoms with van der Waals surface area (Å²) in [6, 6.07) is 10.7. The van der Waals surface area contributed by atoms with Crippen molar-refractivity contribution in [1.29, 1.82) is 0 Å². The van der Waals surface area contributed by atoms with E-state index in [0.717, 1.165) is 13.1 Å². The number of amides is 1. The maximum atomic E-state index is 13.1. The van der Waals surface area contributed by atoms with E-state index in [1.54, 1.807) is 29.2 Å². The van der Waals surface area contributed by atoms with Gasteiger partial charge in [-0.3, -0.25) is 14.5 Å². The van der Waals surface area contributed by atoms with Gasteiger partial charge in [0.15, 0.2) is 18.1 Å². The molecule has 1 aromatic carbocycles. The van der Waals surface area contributed by atoms with Crippen molar-refractivity contribution in [2.75, 3.05) is 37.9 Å². The van der Waals surface area contributed by atoms with Crippen molar-refractivity contribution in [2.24, 2.45) is 0 Å². The molecule has 3 heterocycles. The molecule has 1 fully saturated rings. The fourth-order valence-electron chi connectivity index (χ4n) is 3.63. The van der Waals surface area contributed by atoms with E-state index in [4.69, 9.17) is 4.74 Å². The van der Waals surface area contributed by atoms with Crippen LogP contribution in [0, 0.1) is 0 Å². The average Bonchev–Trinajstić information content (AvgIpc) is 3.26. The van der Waals surface area contributed by atoms with Crippen LogP contribution in [-0.2, 0) is 15.1 Å². The number of morpholine rings is 1. The standard InChI is InChI=1S/C19H20N2O4S/c22-16(17-6-3-11-26-17)12-19(24)14-4-1-2-5-15(14)21(18(19)23)13-20-7-9-25-10-8-20/h1-6,11,24H,7-10,12-13H2/p+1/t19-/m1/s1. The van der Waals surface area contributed by atoms with Crippen molar-refractivity contribution in [3.05, 3.63) is 52.2 Å². The topological polar surface area (TPSA) is 71.3 Å². The molecule has 1 saturated heterocycles. The van der Waals surface area contributed by atoms with Gasteiger partial charge in [-0.05, 0) is 17.5 Å². The van der Waals surface area contributed by atoms with Gasteiger partial charge >= 0.3 is 0 Å². The number of ketones is 1. The van der Waals surface area contributed by atoms with Crippen molar-refractivity contribution in [3.8, 4) is 0 Å². The lowest BCUT2D eigenvalue weighted by Crippen LogP contribution is -3.15. The lowest BCUT2D eigenvalue weighted by molar-refractivity contribution is -0.906. The number of thiophene rings is 1. The smallest absolute Gasteiger partial charge is 0.268 e. The molecule has 0 bridgehead atoms. The first-order valence-corrected chi connectivity index (χ1v) is 9.59. The number of carbonyl (C=O) groups excluding carboxylic acids is 2. The molecule has 0 aliphatic carbocycles. The number of fused-ring (bicyclic) bond motifs is 1. The molecule has 0 unspecified atom stereocenters. The Labute approximate surface area is 155 Å². The number of hydrogen-bond acceptors (Lipinski definition) is 5. The Kier molecular flexibility index (Phi) is 4.62. The van der Waals surface area contributed by atoms with Crippen LogP contribution in [0.5, 0.6) is 0 Å². The van der Waals surface area contributed by atoms with Gasteiger partial charge in [-0.25, -0.2) is 0 Å². The Balaban J connectivity index is 1.63. The zero-order valence-corrected chi connectivity index (χ0v) is 15.1. The first-order chi connectivity index (χ1) is 12.6. The molecule has 0 radical (unpaired) electrons. The third-order valence-corrected chi connectivity index (χ3v) is 5.94. The van der Waals surface area contributed by atoms with E-state index in [1.165, 1.54) is 16.2 Å². The minimum Gasteiger partial charge on any atom is -0.375 e. The van der Waals surface area contributed by atoms with Crippen LogP contribution in [0.1, 0.15) is 21.7 Å². The lowest BCUT2D eigenvalue weighted by Gasteiger charge is -2.29. The molecular weight excluding hydrogens is 352 g/mol. The molecule has 2 N–H and O–H groups in total. The van der Waals surface area contributed by atoms with Crippen molar-refractivity contribution < 1.29 is 24.3 Å². The highest BCUT2D eigenvalue weighted by molar-refractivity contribution is 7.12. The van der Waals surface area contributed by atoms with Crippen LogP contribution in [0.2, 0.25) is 0 Å². The molecule has 1 amide bonds. The molecule has 1 aromatic heterocycles. The van der Waals surface area contributed by atoms with Crippen molar-refractivity contribution in [2.45, 2.75) is 12.0 Å². The second-order valence-corrected chi connectivity index (χ2v) is 7.66. The summed E-state index contributed by atoms with van der Waals surface area (Å²) in [6.45, 7) is 3.44. The molecule has 4 rings (SSSR count). The number of rotatable bonds is 5. The molecular formula is C19H21N2O4S+. The molecule has 1 atom stereocenters. The summed E-state index contributed by atoms with van der Waals surface area (Å²) in [5.74, 6) is -0.631. The van der Waals surface area contributed by atoms with E-state index >= 15 is 0 Å². The van der Waals surface area contributed by atoms with Gasteiger partial charge < -0.3 is 14.7 Å². The SMILES string of the molecule is O=C(C[C@]1(O)C(=O)N(C[NH+]2CCOCC2)c2ccccc21)c1cccs1. The molecule has 7 heteroatoms. The normalized spacial score (nSPS) is 23.3. The second-order valence-electron chi connectivity index (χ2n) is 6.71. The maximum absolute atomic E-state index is 13.1. The number of hydrogen-bond donors (Lipinski definition) is 2. The number of nitrogens with zero attached hydrogens (tertiary/aromatic N) is 1. The lowest BCUT2D eigenvalue weighted by atomic mass is 9.89. The zero-order valence-electron chi connectivity index (χ0n) is 14.3. The number of quaternary nitrogens is 1. The second kappa shape index (κ2) is 6.92. The Morgan fingerprint density at radius 1 is 1.23 bits per heavy atom. The first-order valence-electron chi connectivity index (χ1n) is 8.71. The number of benzene rings is 1. The van der Waals surface area contributed by atoms with Gasteiger partial charge in [-0.15, -0.1) is 11.3 Å². The van der Waals surface area contributed by atoms with E-state index in [0.29, 0.717) is 36.0 Å². The highest BCUT2D eigenvalue weighted by Gasteiger charge is 2.51. The first kappa shape index (κ1) is 17.4. The number of carbonyl (C=O) groups is 2. The number of aliphatic hydroxyl groups is 1. The molecule has 2 aromatic rings. The Hall–Kier alpha value is -2.06. The summed E-state index contributed by atoms with van der Waals surface area (Å²) in [6.07, 6.45) is -0.238. The van der Waals surface area contributed by atoms with E-state index in [1.807, 2.05) is 17.5 Å². The Bertz CT molecular complexity index is 817. The summed E-state index contributed by atoms with van der Waals surface area (Å²) < 4.78 is 5.38. The highest BCUT2D eigenvalue weighted by atomic mass is 32.1. The van der Waals surface area contributed by atoms with Crippen LogP contribution >= 0.6 is 11.3 Å². The van der Waals surface area contributed by atoms with Crippen LogP contribution in [0.15, 0.2) is 41.8 Å². The zero-order chi connectivity index (χ0) is 18.1. The largest absolute Gasteiger partial charge is 0.375 e. The average molecular weight is 373 g/mol. The van der Waals surface area contributed by atoms with E-state index < -0.39 is 11.5 Å². The number of anilines is 1. The van der Waals surface area contributed by atoms with Crippen LogP contribution in [0.3, 0.4) is 0 Å². The molecule has 2 aliphatic rings. The summed E-state index contributed by atoms with van der Waals surface area (Å²) in [4.78, 5) is 29.1. The van der Waals surface area contributed by atoms with Crippen molar-refractivity contribution in [1.82, 2.24) is 0 Å². The highest BCUT2D eigenvalue weighted by Crippen LogP contribution is 2.42. The minimum atomic E-state index is -1.80. The van der Waals surface area contributed by atoms with Gasteiger partial charge in [0.1, 0.15) is 13.1 Å². The fraction of sp³-hybridized carbons (Fsp3) is 0.368. The molecule has 0 spiro atoms. The number of para-hydroxylation sites is 1. The van der Waals surface area contributed by atoms with Gasteiger partial charge in [0.25, 0.3) is 5.91 Å². The number of Topliss-reactive ketones (excluding diaryl/α,β-unsaturated/α-hetero) is 1. The van der Waals surface area contributed by atoms with E-state index in [-0.39, 0.29) is 12.2 Å². The van der Waals surface area contributed by atoms with Crippen molar-refractivity contribution >= 4 is 28.7 Å². The minimum absolute atomic E-state index is 0.216. The molecule has 6 nitrogen and oxygen atoms in total. The summed E-state index contributed by atoms with van der Waals surface area (Å²) in [5.41, 5.74) is -0.593. The predicted molar refractivity (Wildman–Crippen MR) is 97.5 cm³/mol. The Morgan fingerprint density at radius 3 is 2.73 bits per heavy atom. The summed E-state index contributed by atoms with van der Waals surface area (Å²) in [7, 11) is 0. The van der Waals surface area contributed by atoms with Gasteiger partial charge in [-0.2, -0.15) is 0 Å². The van der Waals surface area contributed by atoms with Crippen LogP contribution in [0.25, 0.3) is 0 Å². The quantitative estimate of drug-likeness (QED) is 0.746. The van der Waals surface area contributed by atoms with Gasteiger partial charge in [0.2, 0.25) is 0 Å². The van der Waals surface area contributed by atoms with Crippen LogP contribution in [-0.4, -0.2) is 49.8 Å². The monoisotopic (exact) mass is 373 g/mol. The van der Waals surface area contributed by atoms with Gasteiger partial charge in [0, 0.05) is 5.56 Å². The molecule has 2 aliphatic heterocycles. The predicted octanol–water partition coefficient (Wildman–Crippen LogP) is 0.428. The number of nitrogens with one attached hydrogen (secondary N) is 1. The van der Waals surface area contributed by atoms with E-state index in [2.05, 4.69) is 0 Å².